The van der Waals surface area contributed by atoms with Gasteiger partial charge < -0.3 is 15.4 Å². The van der Waals surface area contributed by atoms with Gasteiger partial charge in [0.25, 0.3) is 5.91 Å². The van der Waals surface area contributed by atoms with Gasteiger partial charge in [0.05, 0.1) is 6.61 Å². The summed E-state index contributed by atoms with van der Waals surface area (Å²) in [6.07, 6.45) is 0. The van der Waals surface area contributed by atoms with Crippen LogP contribution in [0.1, 0.15) is 15.9 Å². The van der Waals surface area contributed by atoms with E-state index in [4.69, 9.17) is 4.74 Å². The summed E-state index contributed by atoms with van der Waals surface area (Å²) >= 11 is 0. The van der Waals surface area contributed by atoms with Crippen LogP contribution >= 0.6 is 0 Å². The van der Waals surface area contributed by atoms with Crippen molar-refractivity contribution >= 4 is 17.3 Å². The highest BCUT2D eigenvalue weighted by Crippen LogP contribution is 2.14. The summed E-state index contributed by atoms with van der Waals surface area (Å²) in [6.45, 7) is 0.528. The van der Waals surface area contributed by atoms with Crippen molar-refractivity contribution in [2.45, 2.75) is 6.61 Å². The molecule has 1 amide bonds. The van der Waals surface area contributed by atoms with E-state index in [2.05, 4.69) is 10.6 Å². The van der Waals surface area contributed by atoms with Crippen LogP contribution in [0.15, 0.2) is 48.5 Å². The average molecular weight is 270 g/mol. The minimum atomic E-state index is -0.123. The molecule has 0 saturated heterocycles. The number of nitrogens with one attached hydrogen (secondary N) is 2. The maximum Gasteiger partial charge on any atom is 0.255 e. The first-order chi connectivity index (χ1) is 9.72. The zero-order chi connectivity index (χ0) is 14.4. The van der Waals surface area contributed by atoms with Crippen molar-refractivity contribution in [1.29, 1.82) is 0 Å². The molecule has 0 saturated carbocycles. The van der Waals surface area contributed by atoms with Crippen molar-refractivity contribution in [3.8, 4) is 0 Å². The molecule has 0 fully saturated rings. The number of methoxy groups -OCH3 is 1. The third kappa shape index (κ3) is 3.59. The van der Waals surface area contributed by atoms with E-state index in [1.807, 2.05) is 43.4 Å². The van der Waals surface area contributed by atoms with E-state index in [1.54, 1.807) is 19.2 Å². The summed E-state index contributed by atoms with van der Waals surface area (Å²) < 4.78 is 5.08. The monoisotopic (exact) mass is 270 g/mol. The van der Waals surface area contributed by atoms with Crippen LogP contribution < -0.4 is 10.6 Å². The summed E-state index contributed by atoms with van der Waals surface area (Å²) in [5.74, 6) is -0.123. The number of amides is 1. The number of rotatable bonds is 5. The van der Waals surface area contributed by atoms with Crippen LogP contribution in [0.4, 0.5) is 11.4 Å². The lowest BCUT2D eigenvalue weighted by Gasteiger charge is -2.08. The van der Waals surface area contributed by atoms with Crippen molar-refractivity contribution in [2.24, 2.45) is 0 Å². The van der Waals surface area contributed by atoms with Gasteiger partial charge in [-0.05, 0) is 42.0 Å². The fourth-order valence-electron chi connectivity index (χ4n) is 1.90. The van der Waals surface area contributed by atoms with E-state index in [0.29, 0.717) is 12.2 Å². The maximum atomic E-state index is 12.1. The third-order valence-corrected chi connectivity index (χ3v) is 2.93. The van der Waals surface area contributed by atoms with Crippen LogP contribution in [0.5, 0.6) is 0 Å². The number of anilines is 2. The second-order valence-electron chi connectivity index (χ2n) is 4.41. The van der Waals surface area contributed by atoms with Crippen molar-refractivity contribution in [1.82, 2.24) is 0 Å². The maximum absolute atomic E-state index is 12.1. The van der Waals surface area contributed by atoms with Crippen LogP contribution in [-0.2, 0) is 11.3 Å². The Morgan fingerprint density at radius 3 is 2.50 bits per heavy atom. The zero-order valence-electron chi connectivity index (χ0n) is 11.6. The molecule has 0 atom stereocenters. The molecule has 0 bridgehead atoms. The Labute approximate surface area is 118 Å². The van der Waals surface area contributed by atoms with Crippen LogP contribution in [0, 0.1) is 0 Å². The Balaban J connectivity index is 2.08. The molecule has 0 spiro atoms. The number of ether oxygens (including phenoxy) is 1. The molecule has 0 radical (unpaired) electrons. The zero-order valence-corrected chi connectivity index (χ0v) is 11.6. The second kappa shape index (κ2) is 6.73. The normalized spacial score (nSPS) is 10.1. The molecule has 0 aliphatic heterocycles. The quantitative estimate of drug-likeness (QED) is 0.877. The first-order valence-corrected chi connectivity index (χ1v) is 6.40. The summed E-state index contributed by atoms with van der Waals surface area (Å²) in [4.78, 5) is 12.1. The van der Waals surface area contributed by atoms with Gasteiger partial charge in [-0.1, -0.05) is 12.1 Å². The van der Waals surface area contributed by atoms with E-state index in [0.717, 1.165) is 16.9 Å². The predicted octanol–water partition coefficient (Wildman–Crippen LogP) is 3.13. The molecule has 0 heterocycles. The molecule has 2 N–H and O–H groups in total. The SMILES string of the molecule is CNc1ccc(C(=O)Nc2cccc(COC)c2)cc1. The molecule has 20 heavy (non-hydrogen) atoms. The van der Waals surface area contributed by atoms with E-state index < -0.39 is 0 Å². The van der Waals surface area contributed by atoms with Crippen LogP contribution in [0.3, 0.4) is 0 Å². The second-order valence-corrected chi connectivity index (χ2v) is 4.41. The van der Waals surface area contributed by atoms with Gasteiger partial charge in [-0.15, -0.1) is 0 Å². The van der Waals surface area contributed by atoms with Crippen LogP contribution in [0.2, 0.25) is 0 Å². The summed E-state index contributed by atoms with van der Waals surface area (Å²) in [5, 5.41) is 5.90. The number of carbonyl (C=O) groups excluding carboxylic acids is 1. The Hall–Kier alpha value is -2.33. The minimum absolute atomic E-state index is 0.123. The highest BCUT2D eigenvalue weighted by Gasteiger charge is 2.06. The Morgan fingerprint density at radius 1 is 1.10 bits per heavy atom. The van der Waals surface area contributed by atoms with Crippen molar-refractivity contribution < 1.29 is 9.53 Å². The van der Waals surface area contributed by atoms with Gasteiger partial charge in [0.2, 0.25) is 0 Å². The Kier molecular flexibility index (Phi) is 4.74. The van der Waals surface area contributed by atoms with Gasteiger partial charge in [-0.2, -0.15) is 0 Å². The van der Waals surface area contributed by atoms with Gasteiger partial charge in [-0.25, -0.2) is 0 Å². The Bertz CT molecular complexity index is 579. The summed E-state index contributed by atoms with van der Waals surface area (Å²) in [7, 11) is 3.49. The van der Waals surface area contributed by atoms with Gasteiger partial charge in [0.1, 0.15) is 0 Å². The first kappa shape index (κ1) is 14.1. The van der Waals surface area contributed by atoms with E-state index in [-0.39, 0.29) is 5.91 Å². The van der Waals surface area contributed by atoms with Crippen LogP contribution in [-0.4, -0.2) is 20.1 Å². The lowest BCUT2D eigenvalue weighted by atomic mass is 10.1. The fourth-order valence-corrected chi connectivity index (χ4v) is 1.90. The molecule has 2 rings (SSSR count). The van der Waals surface area contributed by atoms with Gasteiger partial charge in [0.15, 0.2) is 0 Å². The van der Waals surface area contributed by atoms with E-state index >= 15 is 0 Å². The number of benzene rings is 2. The van der Waals surface area contributed by atoms with E-state index in [1.165, 1.54) is 0 Å². The number of carbonyl (C=O) groups is 1. The topological polar surface area (TPSA) is 50.4 Å². The highest BCUT2D eigenvalue weighted by atomic mass is 16.5. The van der Waals surface area contributed by atoms with E-state index in [9.17, 15) is 4.79 Å². The largest absolute Gasteiger partial charge is 0.388 e. The molecular weight excluding hydrogens is 252 g/mol. The van der Waals surface area contributed by atoms with Gasteiger partial charge >= 0.3 is 0 Å². The smallest absolute Gasteiger partial charge is 0.255 e. The third-order valence-electron chi connectivity index (χ3n) is 2.93. The molecule has 0 aliphatic rings. The molecule has 0 aliphatic carbocycles. The minimum Gasteiger partial charge on any atom is -0.388 e. The van der Waals surface area contributed by atoms with Gasteiger partial charge in [-0.3, -0.25) is 4.79 Å². The average Bonchev–Trinajstić information content (AvgIpc) is 2.48. The van der Waals surface area contributed by atoms with Crippen molar-refractivity contribution in [3.05, 3.63) is 59.7 Å². The predicted molar refractivity (Wildman–Crippen MR) is 81.1 cm³/mol. The first-order valence-electron chi connectivity index (χ1n) is 6.40. The summed E-state index contributed by atoms with van der Waals surface area (Å²) in [5.41, 5.74) is 3.39. The molecule has 4 heteroatoms. The van der Waals surface area contributed by atoms with Crippen molar-refractivity contribution in [3.63, 3.8) is 0 Å². The standard InChI is InChI=1S/C16H18N2O2/c1-17-14-8-6-13(7-9-14)16(19)18-15-5-3-4-12(10-15)11-20-2/h3-10,17H,11H2,1-2H3,(H,18,19). The molecule has 104 valence electrons. The molecular formula is C16H18N2O2. The molecule has 2 aromatic carbocycles. The molecule has 2 aromatic rings. The summed E-state index contributed by atoms with van der Waals surface area (Å²) in [6, 6.07) is 14.9. The molecule has 0 unspecified atom stereocenters. The van der Waals surface area contributed by atoms with Crippen molar-refractivity contribution in [2.75, 3.05) is 24.8 Å². The lowest BCUT2D eigenvalue weighted by Crippen LogP contribution is -2.12. The number of hydrogen-bond donors (Lipinski definition) is 2. The van der Waals surface area contributed by atoms with Crippen LogP contribution in [0.25, 0.3) is 0 Å². The lowest BCUT2D eigenvalue weighted by molar-refractivity contribution is 0.102. The highest BCUT2D eigenvalue weighted by molar-refractivity contribution is 6.04. The van der Waals surface area contributed by atoms with Gasteiger partial charge in [0, 0.05) is 31.1 Å². The number of hydrogen-bond acceptors (Lipinski definition) is 3. The Morgan fingerprint density at radius 2 is 1.85 bits per heavy atom. The molecule has 0 aromatic heterocycles. The fraction of sp³-hybridized carbons (Fsp3) is 0.188. The molecule has 4 nitrogen and oxygen atoms in total.